The van der Waals surface area contributed by atoms with Gasteiger partial charge >= 0.3 is 0 Å². The molecule has 0 heterocycles. The predicted octanol–water partition coefficient (Wildman–Crippen LogP) is 4.02. The number of carbonyl (C=O) groups excluding carboxylic acids is 2. The van der Waals surface area contributed by atoms with Crippen LogP contribution in [0.1, 0.15) is 15.9 Å². The average Bonchev–Trinajstić information content (AvgIpc) is 2.68. The lowest BCUT2D eigenvalue weighted by molar-refractivity contribution is -0.385. The van der Waals surface area contributed by atoms with Gasteiger partial charge in [-0.25, -0.2) is 0 Å². The number of nitro groups is 1. The van der Waals surface area contributed by atoms with Crippen LogP contribution in [0.3, 0.4) is 0 Å². The van der Waals surface area contributed by atoms with Crippen molar-refractivity contribution in [3.8, 4) is 6.07 Å². The Kier molecular flexibility index (Phi) is 5.14. The molecule has 0 aliphatic rings. The van der Waals surface area contributed by atoms with Crippen LogP contribution in [0.2, 0.25) is 0 Å². The highest BCUT2D eigenvalue weighted by Gasteiger charge is 2.33. The number of nitrogens with zero attached hydrogens (tertiary/aromatic N) is 2. The van der Waals surface area contributed by atoms with Gasteiger partial charge in [-0.15, -0.1) is 0 Å². The highest BCUT2D eigenvalue weighted by atomic mass is 16.6. The first-order valence-corrected chi connectivity index (χ1v) is 8.40. The van der Waals surface area contributed by atoms with E-state index in [4.69, 9.17) is 0 Å². The number of rotatable bonds is 5. The zero-order chi connectivity index (χ0) is 20.3. The number of para-hydroxylation sites is 1. The van der Waals surface area contributed by atoms with Crippen molar-refractivity contribution in [2.45, 2.75) is 6.92 Å². The minimum atomic E-state index is -1.71. The lowest BCUT2D eigenvalue weighted by atomic mass is 9.95. The summed E-state index contributed by atoms with van der Waals surface area (Å²) in [5.41, 5.74) is 0.0761. The molecule has 0 aliphatic heterocycles. The van der Waals surface area contributed by atoms with E-state index < -0.39 is 28.2 Å². The summed E-state index contributed by atoms with van der Waals surface area (Å²) in [6, 6.07) is 18.5. The Morgan fingerprint density at radius 3 is 2.46 bits per heavy atom. The molecule has 1 N–H and O–H groups in total. The fraction of sp³-hybridized carbons (Fsp3) is 0.0952. The molecular formula is C21H15N3O4. The standard InChI is InChI=1S/C21H15N3O4/c1-13-6-4-10-16(19(13)24(27)28)20(25)17(12-22)21(26)23-18-11-5-8-14-7-2-3-9-15(14)18/h2-11,17H,1H3,(H,23,26)/t17-/m0/s1. The number of anilines is 1. The van der Waals surface area contributed by atoms with Gasteiger partial charge in [-0.05, 0) is 24.4 Å². The van der Waals surface area contributed by atoms with Crippen molar-refractivity contribution >= 4 is 33.8 Å². The molecular weight excluding hydrogens is 358 g/mol. The molecule has 0 spiro atoms. The van der Waals surface area contributed by atoms with E-state index in [1.807, 2.05) is 18.2 Å². The molecule has 3 aromatic carbocycles. The Morgan fingerprint density at radius 2 is 1.75 bits per heavy atom. The van der Waals surface area contributed by atoms with Crippen LogP contribution in [0.25, 0.3) is 10.8 Å². The third kappa shape index (κ3) is 3.44. The normalized spacial score (nSPS) is 11.4. The summed E-state index contributed by atoms with van der Waals surface area (Å²) >= 11 is 0. The maximum Gasteiger partial charge on any atom is 0.283 e. The number of ketones is 1. The van der Waals surface area contributed by atoms with Crippen LogP contribution < -0.4 is 5.32 Å². The lowest BCUT2D eigenvalue weighted by Crippen LogP contribution is -2.29. The molecule has 0 bridgehead atoms. The summed E-state index contributed by atoms with van der Waals surface area (Å²) in [6.45, 7) is 1.49. The molecule has 1 amide bonds. The molecule has 0 saturated heterocycles. The topological polar surface area (TPSA) is 113 Å². The SMILES string of the molecule is Cc1cccc(C(=O)[C@H](C#N)C(=O)Nc2cccc3ccccc23)c1[N+](=O)[O-]. The first-order valence-electron chi connectivity index (χ1n) is 8.40. The van der Waals surface area contributed by atoms with Crippen LogP contribution in [0.4, 0.5) is 11.4 Å². The number of carbonyl (C=O) groups is 2. The highest BCUT2D eigenvalue weighted by molar-refractivity contribution is 6.18. The van der Waals surface area contributed by atoms with Crippen LogP contribution in [-0.4, -0.2) is 16.6 Å². The molecule has 0 aliphatic carbocycles. The number of fused-ring (bicyclic) bond motifs is 1. The molecule has 7 heteroatoms. The van der Waals surface area contributed by atoms with Crippen molar-refractivity contribution in [1.29, 1.82) is 5.26 Å². The van der Waals surface area contributed by atoms with Gasteiger partial charge in [-0.3, -0.25) is 19.7 Å². The van der Waals surface area contributed by atoms with E-state index in [1.54, 1.807) is 30.3 Å². The maximum atomic E-state index is 12.8. The van der Waals surface area contributed by atoms with Gasteiger partial charge in [0.05, 0.1) is 16.6 Å². The van der Waals surface area contributed by atoms with Crippen molar-refractivity contribution in [2.24, 2.45) is 5.92 Å². The summed E-state index contributed by atoms with van der Waals surface area (Å²) < 4.78 is 0. The van der Waals surface area contributed by atoms with Crippen molar-refractivity contribution in [2.75, 3.05) is 5.32 Å². The monoisotopic (exact) mass is 373 g/mol. The van der Waals surface area contributed by atoms with E-state index in [1.165, 1.54) is 25.1 Å². The Balaban J connectivity index is 1.95. The van der Waals surface area contributed by atoms with Gasteiger partial charge in [0.25, 0.3) is 5.69 Å². The number of aryl methyl sites for hydroxylation is 1. The van der Waals surface area contributed by atoms with E-state index >= 15 is 0 Å². The number of nitrogens with one attached hydrogen (secondary N) is 1. The number of amides is 1. The first-order chi connectivity index (χ1) is 13.4. The van der Waals surface area contributed by atoms with Gasteiger partial charge in [-0.2, -0.15) is 5.26 Å². The Morgan fingerprint density at radius 1 is 1.07 bits per heavy atom. The number of nitro benzene ring substituents is 1. The van der Waals surface area contributed by atoms with E-state index in [-0.39, 0.29) is 11.1 Å². The molecule has 0 saturated carbocycles. The molecule has 0 fully saturated rings. The Bertz CT molecular complexity index is 1140. The number of Topliss-reactive ketones (excluding diaryl/α,β-unsaturated/α-hetero) is 1. The minimum Gasteiger partial charge on any atom is -0.324 e. The summed E-state index contributed by atoms with van der Waals surface area (Å²) in [7, 11) is 0. The van der Waals surface area contributed by atoms with E-state index in [0.29, 0.717) is 5.69 Å². The van der Waals surface area contributed by atoms with Crippen LogP contribution >= 0.6 is 0 Å². The molecule has 0 unspecified atom stereocenters. The smallest absolute Gasteiger partial charge is 0.283 e. The summed E-state index contributed by atoms with van der Waals surface area (Å²) in [5, 5.41) is 25.0. The third-order valence-corrected chi connectivity index (χ3v) is 4.39. The van der Waals surface area contributed by atoms with E-state index in [2.05, 4.69) is 5.32 Å². The van der Waals surface area contributed by atoms with Crippen molar-refractivity contribution in [1.82, 2.24) is 0 Å². The summed E-state index contributed by atoms with van der Waals surface area (Å²) in [6.07, 6.45) is 0. The number of nitriles is 1. The van der Waals surface area contributed by atoms with Crippen LogP contribution in [0.15, 0.2) is 60.7 Å². The quantitative estimate of drug-likeness (QED) is 0.314. The van der Waals surface area contributed by atoms with Gasteiger partial charge in [-0.1, -0.05) is 48.5 Å². The van der Waals surface area contributed by atoms with Crippen LogP contribution in [-0.2, 0) is 4.79 Å². The predicted molar refractivity (Wildman–Crippen MR) is 104 cm³/mol. The first kappa shape index (κ1) is 18.7. The molecule has 138 valence electrons. The van der Waals surface area contributed by atoms with Crippen LogP contribution in [0, 0.1) is 34.3 Å². The molecule has 1 atom stereocenters. The molecule has 0 radical (unpaired) electrons. The summed E-state index contributed by atoms with van der Waals surface area (Å²) in [5.74, 6) is -3.45. The lowest BCUT2D eigenvalue weighted by Gasteiger charge is -2.12. The van der Waals surface area contributed by atoms with Gasteiger partial charge in [0, 0.05) is 16.6 Å². The van der Waals surface area contributed by atoms with Crippen molar-refractivity contribution in [3.05, 3.63) is 81.9 Å². The molecule has 28 heavy (non-hydrogen) atoms. The van der Waals surface area contributed by atoms with Gasteiger partial charge in [0.1, 0.15) is 0 Å². The molecule has 7 nitrogen and oxygen atoms in total. The second kappa shape index (κ2) is 7.68. The van der Waals surface area contributed by atoms with Crippen molar-refractivity contribution in [3.63, 3.8) is 0 Å². The maximum absolute atomic E-state index is 12.8. The fourth-order valence-corrected chi connectivity index (χ4v) is 3.03. The Hall–Kier alpha value is -4.05. The largest absolute Gasteiger partial charge is 0.324 e. The second-order valence-electron chi connectivity index (χ2n) is 6.17. The Labute approximate surface area is 160 Å². The van der Waals surface area contributed by atoms with Gasteiger partial charge in [0.2, 0.25) is 5.91 Å². The average molecular weight is 373 g/mol. The number of hydrogen-bond acceptors (Lipinski definition) is 5. The van der Waals surface area contributed by atoms with E-state index in [9.17, 15) is 25.0 Å². The van der Waals surface area contributed by atoms with Crippen molar-refractivity contribution < 1.29 is 14.5 Å². The molecule has 0 aromatic heterocycles. The highest BCUT2D eigenvalue weighted by Crippen LogP contribution is 2.27. The second-order valence-corrected chi connectivity index (χ2v) is 6.17. The third-order valence-electron chi connectivity index (χ3n) is 4.39. The fourth-order valence-electron chi connectivity index (χ4n) is 3.03. The minimum absolute atomic E-state index is 0.260. The summed E-state index contributed by atoms with van der Waals surface area (Å²) in [4.78, 5) is 36.1. The van der Waals surface area contributed by atoms with Crippen LogP contribution in [0.5, 0.6) is 0 Å². The van der Waals surface area contributed by atoms with E-state index in [0.717, 1.165) is 10.8 Å². The van der Waals surface area contributed by atoms with Gasteiger partial charge in [0.15, 0.2) is 11.7 Å². The number of benzene rings is 3. The van der Waals surface area contributed by atoms with Gasteiger partial charge < -0.3 is 5.32 Å². The number of hydrogen-bond donors (Lipinski definition) is 1. The molecule has 3 aromatic rings. The zero-order valence-corrected chi connectivity index (χ0v) is 14.9. The molecule has 3 rings (SSSR count). The zero-order valence-electron chi connectivity index (χ0n) is 14.9.